The van der Waals surface area contributed by atoms with Crippen molar-refractivity contribution in [3.63, 3.8) is 0 Å². The third kappa shape index (κ3) is 2.79. The zero-order valence-electron chi connectivity index (χ0n) is 11.9. The number of amides is 1. The number of hydrogen-bond donors (Lipinski definition) is 1. The van der Waals surface area contributed by atoms with Gasteiger partial charge in [0.25, 0.3) is 0 Å². The summed E-state index contributed by atoms with van der Waals surface area (Å²) in [5.74, 6) is 0.347. The van der Waals surface area contributed by atoms with Crippen LogP contribution in [-0.2, 0) is 4.74 Å². The van der Waals surface area contributed by atoms with E-state index >= 15 is 0 Å². The lowest BCUT2D eigenvalue weighted by Crippen LogP contribution is -2.61. The standard InChI is InChI=1S/C14H25NO3/c1-10-7-14(6-5-11(10)16)8-15(9-14)12(17)18-13(2,3)4/h10-11,16H,5-9H2,1-4H3/t10-,11+/m0/s1. The summed E-state index contributed by atoms with van der Waals surface area (Å²) in [6, 6.07) is 0. The van der Waals surface area contributed by atoms with Crippen molar-refractivity contribution in [3.8, 4) is 0 Å². The minimum absolute atomic E-state index is 0.161. The number of rotatable bonds is 0. The molecule has 104 valence electrons. The van der Waals surface area contributed by atoms with Gasteiger partial charge in [-0.25, -0.2) is 4.79 Å². The average Bonchev–Trinajstić information content (AvgIpc) is 2.16. The van der Waals surface area contributed by atoms with Crippen molar-refractivity contribution in [2.75, 3.05) is 13.1 Å². The van der Waals surface area contributed by atoms with Crippen LogP contribution < -0.4 is 0 Å². The molecule has 2 rings (SSSR count). The predicted octanol–water partition coefficient (Wildman–Crippen LogP) is 2.40. The van der Waals surface area contributed by atoms with Crippen molar-refractivity contribution in [2.45, 2.75) is 58.7 Å². The predicted molar refractivity (Wildman–Crippen MR) is 69.3 cm³/mol. The number of aliphatic hydroxyl groups is 1. The molecule has 0 aromatic heterocycles. The van der Waals surface area contributed by atoms with Crippen LogP contribution in [0.25, 0.3) is 0 Å². The molecule has 0 aromatic carbocycles. The van der Waals surface area contributed by atoms with Gasteiger partial charge in [0.05, 0.1) is 6.10 Å². The topological polar surface area (TPSA) is 49.8 Å². The van der Waals surface area contributed by atoms with Gasteiger partial charge in [0.15, 0.2) is 0 Å². The molecule has 4 nitrogen and oxygen atoms in total. The van der Waals surface area contributed by atoms with Gasteiger partial charge in [-0.2, -0.15) is 0 Å². The molecule has 1 heterocycles. The smallest absolute Gasteiger partial charge is 0.410 e. The molecule has 0 bridgehead atoms. The summed E-state index contributed by atoms with van der Waals surface area (Å²) in [5.41, 5.74) is -0.175. The monoisotopic (exact) mass is 255 g/mol. The summed E-state index contributed by atoms with van der Waals surface area (Å²) in [7, 11) is 0. The van der Waals surface area contributed by atoms with E-state index in [1.54, 1.807) is 4.90 Å². The van der Waals surface area contributed by atoms with Crippen molar-refractivity contribution in [2.24, 2.45) is 11.3 Å². The van der Waals surface area contributed by atoms with Crippen LogP contribution in [0.4, 0.5) is 4.79 Å². The molecule has 2 atom stereocenters. The number of hydrogen-bond acceptors (Lipinski definition) is 3. The zero-order valence-corrected chi connectivity index (χ0v) is 11.9. The van der Waals surface area contributed by atoms with Crippen LogP contribution in [0, 0.1) is 11.3 Å². The van der Waals surface area contributed by atoms with E-state index in [1.807, 2.05) is 20.8 Å². The zero-order chi connectivity index (χ0) is 13.6. The van der Waals surface area contributed by atoms with Crippen molar-refractivity contribution < 1.29 is 14.6 Å². The van der Waals surface area contributed by atoms with Gasteiger partial charge >= 0.3 is 6.09 Å². The Balaban J connectivity index is 1.85. The fraction of sp³-hybridized carbons (Fsp3) is 0.929. The minimum Gasteiger partial charge on any atom is -0.444 e. The summed E-state index contributed by atoms with van der Waals surface area (Å²) >= 11 is 0. The lowest BCUT2D eigenvalue weighted by molar-refractivity contribution is -0.0800. The van der Waals surface area contributed by atoms with Gasteiger partial charge in [-0.15, -0.1) is 0 Å². The Hall–Kier alpha value is -0.770. The molecule has 1 aliphatic heterocycles. The minimum atomic E-state index is -0.421. The Morgan fingerprint density at radius 3 is 2.50 bits per heavy atom. The van der Waals surface area contributed by atoms with Gasteiger partial charge < -0.3 is 14.7 Å². The lowest BCUT2D eigenvalue weighted by Gasteiger charge is -2.54. The molecule has 2 aliphatic rings. The molecule has 1 N–H and O–H groups in total. The third-order valence-electron chi connectivity index (χ3n) is 4.09. The molecule has 0 unspecified atom stereocenters. The molecule has 1 saturated carbocycles. The van der Waals surface area contributed by atoms with Crippen LogP contribution in [0.2, 0.25) is 0 Å². The maximum absolute atomic E-state index is 11.9. The molecule has 18 heavy (non-hydrogen) atoms. The first-order valence-electron chi connectivity index (χ1n) is 6.87. The SMILES string of the molecule is C[C@H]1CC2(CC[C@H]1O)CN(C(=O)OC(C)(C)C)C2. The first kappa shape index (κ1) is 13.7. The highest BCUT2D eigenvalue weighted by Crippen LogP contribution is 2.46. The van der Waals surface area contributed by atoms with Gasteiger partial charge in [0.1, 0.15) is 5.60 Å². The van der Waals surface area contributed by atoms with Crippen molar-refractivity contribution >= 4 is 6.09 Å². The van der Waals surface area contributed by atoms with Crippen LogP contribution in [0.3, 0.4) is 0 Å². The molecule has 0 radical (unpaired) electrons. The summed E-state index contributed by atoms with van der Waals surface area (Å²) in [4.78, 5) is 13.7. The van der Waals surface area contributed by atoms with Gasteiger partial charge in [0.2, 0.25) is 0 Å². The summed E-state index contributed by atoms with van der Waals surface area (Å²) in [6.07, 6.45) is 2.55. The second-order valence-electron chi connectivity index (χ2n) is 7.12. The van der Waals surface area contributed by atoms with E-state index < -0.39 is 5.60 Å². The first-order chi connectivity index (χ1) is 8.21. The second-order valence-corrected chi connectivity index (χ2v) is 7.12. The van der Waals surface area contributed by atoms with E-state index in [1.165, 1.54) is 0 Å². The van der Waals surface area contributed by atoms with Gasteiger partial charge in [-0.1, -0.05) is 6.92 Å². The maximum atomic E-state index is 11.9. The number of aliphatic hydroxyl groups excluding tert-OH is 1. The summed E-state index contributed by atoms with van der Waals surface area (Å²) in [6.45, 7) is 9.35. The normalized spacial score (nSPS) is 31.1. The van der Waals surface area contributed by atoms with E-state index in [-0.39, 0.29) is 17.6 Å². The average molecular weight is 255 g/mol. The molecular weight excluding hydrogens is 230 g/mol. The first-order valence-corrected chi connectivity index (χ1v) is 6.87. The van der Waals surface area contributed by atoms with Gasteiger partial charge in [0, 0.05) is 18.5 Å². The van der Waals surface area contributed by atoms with Crippen molar-refractivity contribution in [1.29, 1.82) is 0 Å². The van der Waals surface area contributed by atoms with Crippen LogP contribution in [0.15, 0.2) is 0 Å². The molecule has 2 fully saturated rings. The molecule has 1 aliphatic carbocycles. The molecule has 0 aromatic rings. The van der Waals surface area contributed by atoms with E-state index in [4.69, 9.17) is 4.74 Å². The van der Waals surface area contributed by atoms with E-state index in [0.29, 0.717) is 5.92 Å². The molecular formula is C14H25NO3. The molecule has 4 heteroatoms. The molecule has 1 spiro atoms. The quantitative estimate of drug-likeness (QED) is 0.723. The highest BCUT2D eigenvalue weighted by atomic mass is 16.6. The Labute approximate surface area is 109 Å². The second kappa shape index (κ2) is 4.41. The van der Waals surface area contributed by atoms with E-state index in [0.717, 1.165) is 32.4 Å². The van der Waals surface area contributed by atoms with Gasteiger partial charge in [-0.3, -0.25) is 0 Å². The summed E-state index contributed by atoms with van der Waals surface area (Å²) < 4.78 is 5.36. The molecule has 1 amide bonds. The fourth-order valence-corrected chi connectivity index (χ4v) is 3.17. The third-order valence-corrected chi connectivity index (χ3v) is 4.09. The van der Waals surface area contributed by atoms with E-state index in [2.05, 4.69) is 6.92 Å². The number of nitrogens with zero attached hydrogens (tertiary/aromatic N) is 1. The number of carbonyl (C=O) groups excluding carboxylic acids is 1. The van der Waals surface area contributed by atoms with Crippen LogP contribution in [0.1, 0.15) is 47.0 Å². The summed E-state index contributed by atoms with van der Waals surface area (Å²) in [5, 5.41) is 9.75. The fourth-order valence-electron chi connectivity index (χ4n) is 3.17. The number of likely N-dealkylation sites (tertiary alicyclic amines) is 1. The molecule has 1 saturated heterocycles. The Morgan fingerprint density at radius 2 is 2.00 bits per heavy atom. The number of ether oxygens (including phenoxy) is 1. The highest BCUT2D eigenvalue weighted by molar-refractivity contribution is 5.69. The Kier molecular flexibility index (Phi) is 3.34. The van der Waals surface area contributed by atoms with E-state index in [9.17, 15) is 9.90 Å². The Bertz CT molecular complexity index is 328. The highest BCUT2D eigenvalue weighted by Gasteiger charge is 2.49. The largest absolute Gasteiger partial charge is 0.444 e. The van der Waals surface area contributed by atoms with Gasteiger partial charge in [-0.05, 0) is 46.0 Å². The van der Waals surface area contributed by atoms with Crippen LogP contribution in [-0.4, -0.2) is 40.9 Å². The van der Waals surface area contributed by atoms with Crippen LogP contribution in [0.5, 0.6) is 0 Å². The number of carbonyl (C=O) groups is 1. The van der Waals surface area contributed by atoms with Crippen molar-refractivity contribution in [3.05, 3.63) is 0 Å². The van der Waals surface area contributed by atoms with Crippen molar-refractivity contribution in [1.82, 2.24) is 4.90 Å². The van der Waals surface area contributed by atoms with Crippen LogP contribution >= 0.6 is 0 Å². The Morgan fingerprint density at radius 1 is 1.39 bits per heavy atom. The maximum Gasteiger partial charge on any atom is 0.410 e. The lowest BCUT2D eigenvalue weighted by atomic mass is 9.64.